The summed E-state index contributed by atoms with van der Waals surface area (Å²) in [5, 5.41) is 25.9. The maximum Gasteiger partial charge on any atom is 0.378 e. The van der Waals surface area contributed by atoms with Gasteiger partial charge in [0.15, 0.2) is 11.8 Å². The van der Waals surface area contributed by atoms with Gasteiger partial charge in [0.25, 0.3) is 0 Å². The third kappa shape index (κ3) is 7.10. The van der Waals surface area contributed by atoms with Crippen LogP contribution in [0.4, 0.5) is 0 Å². The summed E-state index contributed by atoms with van der Waals surface area (Å²) in [7, 11) is 3.02. The minimum atomic E-state index is -0.163. The Labute approximate surface area is 299 Å². The molecule has 6 aromatic rings. The molecular formula is C39H37N5O8+2. The number of hydrogen-bond donors (Lipinski definition) is 2. The number of rotatable bonds is 14. The fourth-order valence-electron chi connectivity index (χ4n) is 5.72. The van der Waals surface area contributed by atoms with Crippen LogP contribution >= 0.6 is 0 Å². The molecule has 4 N–H and O–H groups in total. The van der Waals surface area contributed by atoms with Crippen molar-refractivity contribution in [3.8, 4) is 68.7 Å². The highest BCUT2D eigenvalue weighted by Gasteiger charge is 2.23. The first kappa shape index (κ1) is 35.1. The first-order valence-corrected chi connectivity index (χ1v) is 16.3. The van der Waals surface area contributed by atoms with Crippen LogP contribution < -0.4 is 23.9 Å². The second kappa shape index (κ2) is 15.4. The molecule has 2 aromatic carbocycles. The van der Waals surface area contributed by atoms with Crippen LogP contribution in [0.5, 0.6) is 34.8 Å². The molecule has 0 saturated carbocycles. The van der Waals surface area contributed by atoms with Gasteiger partial charge in [-0.05, 0) is 56.3 Å². The van der Waals surface area contributed by atoms with Crippen LogP contribution in [0.25, 0.3) is 33.9 Å². The van der Waals surface area contributed by atoms with Crippen LogP contribution in [0.3, 0.4) is 0 Å². The average molecular weight is 704 g/mol. The molecule has 13 nitrogen and oxygen atoms in total. The number of phenols is 2. The first-order valence-electron chi connectivity index (χ1n) is 16.3. The molecule has 0 aliphatic heterocycles. The van der Waals surface area contributed by atoms with Crippen LogP contribution in [0, 0.1) is 0 Å². The van der Waals surface area contributed by atoms with E-state index in [9.17, 15) is 19.8 Å². The molecule has 264 valence electrons. The molecule has 0 unspecified atom stereocenters. The summed E-state index contributed by atoms with van der Waals surface area (Å²) in [5.74, 6) is 0.920. The van der Waals surface area contributed by atoms with Gasteiger partial charge in [0.2, 0.25) is 0 Å². The number of H-pyrrole nitrogens is 1. The van der Waals surface area contributed by atoms with Crippen molar-refractivity contribution < 1.29 is 43.7 Å². The lowest BCUT2D eigenvalue weighted by molar-refractivity contribution is -0.405. The molecule has 0 radical (unpaired) electrons. The number of methoxy groups -OCH3 is 2. The van der Waals surface area contributed by atoms with Gasteiger partial charge in [-0.1, -0.05) is 18.2 Å². The molecule has 4 heterocycles. The maximum atomic E-state index is 12.4. The summed E-state index contributed by atoms with van der Waals surface area (Å²) in [4.78, 5) is 34.6. The second-order valence-electron chi connectivity index (χ2n) is 11.9. The summed E-state index contributed by atoms with van der Waals surface area (Å²) in [6.45, 7) is 4.12. The zero-order valence-electron chi connectivity index (χ0n) is 28.9. The van der Waals surface area contributed by atoms with Gasteiger partial charge >= 0.3 is 18.0 Å². The number of carbonyl (C=O) groups excluding carboxylic acids is 2. The Hall–Kier alpha value is -6.76. The van der Waals surface area contributed by atoms with Crippen molar-refractivity contribution in [3.05, 3.63) is 107 Å². The minimum Gasteiger partial charge on any atom is -0.507 e. The van der Waals surface area contributed by atoms with Crippen LogP contribution in [0.1, 0.15) is 46.9 Å². The number of nitrogens with one attached hydrogen (secondary N) is 1. The number of benzene rings is 2. The van der Waals surface area contributed by atoms with Gasteiger partial charge in [0.05, 0.1) is 48.6 Å². The first-order chi connectivity index (χ1) is 25.3. The molecule has 0 spiro atoms. The number of aromatic hydroxyl groups is 2. The van der Waals surface area contributed by atoms with Crippen LogP contribution in [0.2, 0.25) is 0 Å². The number of aldehydes is 2. The number of aromatic nitrogens is 5. The summed E-state index contributed by atoms with van der Waals surface area (Å²) >= 11 is 0. The normalized spacial score (nSPS) is 10.9. The van der Waals surface area contributed by atoms with Gasteiger partial charge in [-0.2, -0.15) is 5.10 Å². The smallest absolute Gasteiger partial charge is 0.378 e. The molecule has 0 aliphatic carbocycles. The van der Waals surface area contributed by atoms with E-state index in [1.807, 2.05) is 30.7 Å². The Bertz CT molecular complexity index is 2250. The third-order valence-electron chi connectivity index (χ3n) is 8.30. The minimum absolute atomic E-state index is 0.0191. The predicted molar refractivity (Wildman–Crippen MR) is 192 cm³/mol. The van der Waals surface area contributed by atoms with Crippen molar-refractivity contribution in [2.75, 3.05) is 14.2 Å². The third-order valence-corrected chi connectivity index (χ3v) is 8.30. The lowest BCUT2D eigenvalue weighted by Gasteiger charge is -2.16. The van der Waals surface area contributed by atoms with E-state index < -0.39 is 0 Å². The molecular weight excluding hydrogens is 666 g/mol. The highest BCUT2D eigenvalue weighted by Crippen LogP contribution is 2.38. The van der Waals surface area contributed by atoms with Crippen molar-refractivity contribution >= 4 is 12.6 Å². The Morgan fingerprint density at radius 1 is 0.846 bits per heavy atom. The summed E-state index contributed by atoms with van der Waals surface area (Å²) in [6.07, 6.45) is 4.85. The molecule has 0 bridgehead atoms. The lowest BCUT2D eigenvalue weighted by Crippen LogP contribution is -2.13. The van der Waals surface area contributed by atoms with Crippen molar-refractivity contribution in [1.29, 1.82) is 0 Å². The summed E-state index contributed by atoms with van der Waals surface area (Å²) in [5.41, 5.74) is 4.85. The van der Waals surface area contributed by atoms with Gasteiger partial charge < -0.3 is 29.2 Å². The zero-order chi connectivity index (χ0) is 36.8. The molecule has 0 aliphatic rings. The molecule has 52 heavy (non-hydrogen) atoms. The number of aromatic amines is 1. The fraction of sp³-hybridized carbons (Fsp3) is 0.179. The molecule has 13 heteroatoms. The molecule has 0 amide bonds. The van der Waals surface area contributed by atoms with Crippen molar-refractivity contribution in [1.82, 2.24) is 19.7 Å². The van der Waals surface area contributed by atoms with E-state index in [2.05, 4.69) is 15.1 Å². The van der Waals surface area contributed by atoms with Crippen molar-refractivity contribution in [3.63, 3.8) is 0 Å². The zero-order valence-corrected chi connectivity index (χ0v) is 28.9. The number of phenolic OH excluding ortho intramolecular Hbond substituents is 2. The molecule has 6 rings (SSSR count). The van der Waals surface area contributed by atoms with Gasteiger partial charge in [-0.25, -0.2) is 4.98 Å². The van der Waals surface area contributed by atoms with E-state index in [1.54, 1.807) is 54.9 Å². The number of pyridine rings is 3. The SMILES string of the molecule is COc1ccc(-c2nc(-c3cc(C=O)c(OCc4cccnc4-c4ccnn4C(C)C)cc3O)ccc2COc2cccc(O)c2C=[OH+])c(OC)[nH+]1. The molecule has 0 fully saturated rings. The highest BCUT2D eigenvalue weighted by molar-refractivity contribution is 5.86. The van der Waals surface area contributed by atoms with Gasteiger partial charge in [0, 0.05) is 41.2 Å². The Kier molecular flexibility index (Phi) is 10.4. The Balaban J connectivity index is 1.36. The molecule has 0 saturated heterocycles. The Morgan fingerprint density at radius 2 is 1.63 bits per heavy atom. The predicted octanol–water partition coefficient (Wildman–Crippen LogP) is 5.99. The largest absolute Gasteiger partial charge is 0.507 e. The van der Waals surface area contributed by atoms with Gasteiger partial charge in [0.1, 0.15) is 41.8 Å². The standard InChI is InChI=1S/C39H35N5O8/c1-23(2)44-31(14-16-41-44)38-24(7-6-15-40-38)21-52-35-18-33(48)28(17-26(35)19-45)30-12-10-25(22-51-34-9-5-8-32(47)29(34)20-46)37(42-30)27-11-13-36(49-3)43-39(27)50-4/h5-20,23,47-48H,21-22H2,1-4H3/p+2. The lowest BCUT2D eigenvalue weighted by atomic mass is 10.0. The summed E-state index contributed by atoms with van der Waals surface area (Å²) < 4.78 is 25.0. The number of hydrogen-bond acceptors (Lipinski definition) is 10. The monoisotopic (exact) mass is 703 g/mol. The van der Waals surface area contributed by atoms with E-state index >= 15 is 0 Å². The van der Waals surface area contributed by atoms with E-state index in [0.717, 1.165) is 17.5 Å². The van der Waals surface area contributed by atoms with E-state index in [1.165, 1.54) is 32.4 Å². The number of ether oxygens (including phenoxy) is 4. The fourth-order valence-corrected chi connectivity index (χ4v) is 5.72. The second-order valence-corrected chi connectivity index (χ2v) is 11.9. The van der Waals surface area contributed by atoms with Gasteiger partial charge in [-0.3, -0.25) is 19.3 Å². The topological polar surface area (TPSA) is 174 Å². The van der Waals surface area contributed by atoms with Crippen LogP contribution in [0.15, 0.2) is 85.2 Å². The maximum absolute atomic E-state index is 12.4. The van der Waals surface area contributed by atoms with Gasteiger partial charge in [-0.15, -0.1) is 4.98 Å². The van der Waals surface area contributed by atoms with Crippen molar-refractivity contribution in [2.24, 2.45) is 0 Å². The number of nitrogens with zero attached hydrogens (tertiary/aromatic N) is 4. The highest BCUT2D eigenvalue weighted by atomic mass is 16.5. The molecule has 4 aromatic heterocycles. The van der Waals surface area contributed by atoms with Crippen LogP contribution in [-0.4, -0.2) is 61.5 Å². The van der Waals surface area contributed by atoms with Crippen molar-refractivity contribution in [2.45, 2.75) is 33.1 Å². The molecule has 0 atom stereocenters. The summed E-state index contributed by atoms with van der Waals surface area (Å²) in [6, 6.07) is 20.2. The van der Waals surface area contributed by atoms with E-state index in [-0.39, 0.29) is 58.9 Å². The number of carbonyl (C=O) groups is 1. The van der Waals surface area contributed by atoms with Crippen LogP contribution in [-0.2, 0) is 13.2 Å². The Morgan fingerprint density at radius 3 is 2.37 bits per heavy atom. The van der Waals surface area contributed by atoms with E-state index in [0.29, 0.717) is 46.3 Å². The average Bonchev–Trinajstić information content (AvgIpc) is 3.67. The quantitative estimate of drug-likeness (QED) is 0.101. The van der Waals surface area contributed by atoms with E-state index in [4.69, 9.17) is 23.9 Å².